The summed E-state index contributed by atoms with van der Waals surface area (Å²) in [6, 6.07) is 0.220. The molecule has 1 aliphatic carbocycles. The molecule has 1 saturated heterocycles. The van der Waals surface area contributed by atoms with Gasteiger partial charge in [-0.3, -0.25) is 4.79 Å². The number of nitrogens with zero attached hydrogens (tertiary/aromatic N) is 2. The fourth-order valence-corrected chi connectivity index (χ4v) is 2.70. The minimum Gasteiger partial charge on any atom is -0.409 e. The summed E-state index contributed by atoms with van der Waals surface area (Å²) in [4.78, 5) is 14.6. The van der Waals surface area contributed by atoms with Crippen LogP contribution in [0.1, 0.15) is 32.1 Å². The topological polar surface area (TPSA) is 91.0 Å². The Morgan fingerprint density at radius 3 is 2.50 bits per heavy atom. The van der Waals surface area contributed by atoms with Gasteiger partial charge in [0.05, 0.1) is 0 Å². The highest BCUT2D eigenvalue weighted by Gasteiger charge is 2.48. The number of carbonyl (C=O) groups is 1. The van der Waals surface area contributed by atoms with Crippen LogP contribution in [-0.2, 0) is 4.79 Å². The van der Waals surface area contributed by atoms with E-state index in [1.54, 1.807) is 0 Å². The molecule has 1 saturated carbocycles. The molecule has 2 fully saturated rings. The van der Waals surface area contributed by atoms with Crippen LogP contribution in [0, 0.1) is 5.41 Å². The van der Waals surface area contributed by atoms with Crippen molar-refractivity contribution in [3.05, 3.63) is 0 Å². The summed E-state index contributed by atoms with van der Waals surface area (Å²) in [5.74, 6) is -0.0159. The van der Waals surface area contributed by atoms with Crippen molar-refractivity contribution in [2.75, 3.05) is 20.1 Å². The number of piperidine rings is 1. The molecule has 0 atom stereocenters. The molecule has 2 aliphatic rings. The molecule has 0 aromatic heterocycles. The standard InChI is InChI=1S/C12H22N4O2/c1-16-7-3-9(4-8-16)14-11(17)12(5-2-6-12)10(13)15-18/h9,18H,2-8H2,1H3,(H2,13,15)(H,14,17). The van der Waals surface area contributed by atoms with Crippen LogP contribution < -0.4 is 11.1 Å². The molecule has 18 heavy (non-hydrogen) atoms. The van der Waals surface area contributed by atoms with Gasteiger partial charge in [-0.25, -0.2) is 0 Å². The van der Waals surface area contributed by atoms with E-state index in [2.05, 4.69) is 22.4 Å². The van der Waals surface area contributed by atoms with Crippen molar-refractivity contribution in [1.82, 2.24) is 10.2 Å². The van der Waals surface area contributed by atoms with E-state index >= 15 is 0 Å². The Labute approximate surface area is 107 Å². The minimum absolute atomic E-state index is 0.0548. The van der Waals surface area contributed by atoms with Crippen LogP contribution in [0.4, 0.5) is 0 Å². The molecule has 0 bridgehead atoms. The maximum Gasteiger partial charge on any atom is 0.234 e. The molecule has 0 spiro atoms. The number of carbonyl (C=O) groups excluding carboxylic acids is 1. The van der Waals surface area contributed by atoms with E-state index in [-0.39, 0.29) is 17.8 Å². The smallest absolute Gasteiger partial charge is 0.234 e. The molecule has 2 rings (SSSR count). The monoisotopic (exact) mass is 254 g/mol. The van der Waals surface area contributed by atoms with Gasteiger partial charge < -0.3 is 21.2 Å². The second kappa shape index (κ2) is 5.14. The molecule has 102 valence electrons. The minimum atomic E-state index is -0.752. The molecular weight excluding hydrogens is 232 g/mol. The SMILES string of the molecule is CN1CCC(NC(=O)C2(C(N)=NO)CCC2)CC1. The van der Waals surface area contributed by atoms with Crippen LogP contribution >= 0.6 is 0 Å². The zero-order chi connectivity index (χ0) is 13.2. The third kappa shape index (κ3) is 2.29. The van der Waals surface area contributed by atoms with Gasteiger partial charge in [-0.2, -0.15) is 0 Å². The zero-order valence-corrected chi connectivity index (χ0v) is 10.9. The van der Waals surface area contributed by atoms with E-state index in [0.29, 0.717) is 12.8 Å². The largest absolute Gasteiger partial charge is 0.409 e. The van der Waals surface area contributed by atoms with Crippen molar-refractivity contribution in [1.29, 1.82) is 0 Å². The predicted octanol–water partition coefficient (Wildman–Crippen LogP) is 0.114. The summed E-state index contributed by atoms with van der Waals surface area (Å²) in [5.41, 5.74) is 4.92. The third-order valence-electron chi connectivity index (χ3n) is 4.29. The van der Waals surface area contributed by atoms with Gasteiger partial charge in [0.1, 0.15) is 5.41 Å². The first-order chi connectivity index (χ1) is 8.58. The molecule has 1 amide bonds. The number of amides is 1. The Morgan fingerprint density at radius 1 is 1.44 bits per heavy atom. The number of hydrogen-bond acceptors (Lipinski definition) is 4. The van der Waals surface area contributed by atoms with Crippen molar-refractivity contribution in [3.63, 3.8) is 0 Å². The highest BCUT2D eigenvalue weighted by atomic mass is 16.4. The first-order valence-corrected chi connectivity index (χ1v) is 6.56. The highest BCUT2D eigenvalue weighted by Crippen LogP contribution is 2.41. The van der Waals surface area contributed by atoms with E-state index < -0.39 is 5.41 Å². The number of oxime groups is 1. The summed E-state index contributed by atoms with van der Waals surface area (Å²) in [6.45, 7) is 2.00. The van der Waals surface area contributed by atoms with Crippen molar-refractivity contribution < 1.29 is 10.0 Å². The van der Waals surface area contributed by atoms with Gasteiger partial charge in [-0.15, -0.1) is 0 Å². The van der Waals surface area contributed by atoms with Gasteiger partial charge in [0.25, 0.3) is 0 Å². The summed E-state index contributed by atoms with van der Waals surface area (Å²) >= 11 is 0. The lowest BCUT2D eigenvalue weighted by atomic mass is 9.67. The number of likely N-dealkylation sites (tertiary alicyclic amines) is 1. The van der Waals surface area contributed by atoms with Crippen LogP contribution in [0.3, 0.4) is 0 Å². The molecule has 0 aromatic rings. The second-order valence-electron chi connectivity index (χ2n) is 5.47. The normalized spacial score (nSPS) is 25.5. The third-order valence-corrected chi connectivity index (χ3v) is 4.29. The Kier molecular flexibility index (Phi) is 3.75. The molecule has 0 radical (unpaired) electrons. The number of hydrogen-bond donors (Lipinski definition) is 3. The molecular formula is C12H22N4O2. The van der Waals surface area contributed by atoms with Crippen LogP contribution in [-0.4, -0.2) is 48.0 Å². The number of rotatable bonds is 3. The Morgan fingerprint density at radius 2 is 2.06 bits per heavy atom. The average Bonchev–Trinajstić information content (AvgIpc) is 2.30. The Balaban J connectivity index is 1.95. The summed E-state index contributed by atoms with van der Waals surface area (Å²) in [5, 5.41) is 14.9. The quantitative estimate of drug-likeness (QED) is 0.288. The molecule has 6 heteroatoms. The van der Waals surface area contributed by atoms with Gasteiger partial charge in [-0.05, 0) is 45.8 Å². The lowest BCUT2D eigenvalue weighted by molar-refractivity contribution is -0.132. The first kappa shape index (κ1) is 13.1. The lowest BCUT2D eigenvalue weighted by Crippen LogP contribution is -2.57. The van der Waals surface area contributed by atoms with Crippen LogP contribution in [0.25, 0.3) is 0 Å². The van der Waals surface area contributed by atoms with E-state index in [1.165, 1.54) is 0 Å². The second-order valence-corrected chi connectivity index (χ2v) is 5.47. The average molecular weight is 254 g/mol. The van der Waals surface area contributed by atoms with Gasteiger partial charge >= 0.3 is 0 Å². The van der Waals surface area contributed by atoms with Crippen LogP contribution in [0.15, 0.2) is 5.16 Å². The van der Waals surface area contributed by atoms with E-state index in [9.17, 15) is 4.79 Å². The van der Waals surface area contributed by atoms with Crippen molar-refractivity contribution in [2.45, 2.75) is 38.1 Å². The summed E-state index contributed by atoms with van der Waals surface area (Å²) in [6.07, 6.45) is 4.25. The maximum atomic E-state index is 12.3. The van der Waals surface area contributed by atoms with Gasteiger partial charge in [0, 0.05) is 6.04 Å². The maximum absolute atomic E-state index is 12.3. The Bertz CT molecular complexity index is 344. The molecule has 1 aliphatic heterocycles. The fraction of sp³-hybridized carbons (Fsp3) is 0.833. The highest BCUT2D eigenvalue weighted by molar-refractivity contribution is 6.07. The van der Waals surface area contributed by atoms with E-state index in [0.717, 1.165) is 32.4 Å². The van der Waals surface area contributed by atoms with Gasteiger partial charge in [-0.1, -0.05) is 11.6 Å². The number of amidine groups is 1. The fourth-order valence-electron chi connectivity index (χ4n) is 2.70. The Hall–Kier alpha value is -1.30. The summed E-state index contributed by atoms with van der Waals surface area (Å²) < 4.78 is 0. The predicted molar refractivity (Wildman–Crippen MR) is 68.4 cm³/mol. The number of nitrogens with two attached hydrogens (primary N) is 1. The first-order valence-electron chi connectivity index (χ1n) is 6.56. The van der Waals surface area contributed by atoms with Crippen molar-refractivity contribution in [3.8, 4) is 0 Å². The van der Waals surface area contributed by atoms with Crippen LogP contribution in [0.2, 0.25) is 0 Å². The van der Waals surface area contributed by atoms with Crippen LogP contribution in [0.5, 0.6) is 0 Å². The van der Waals surface area contributed by atoms with E-state index in [4.69, 9.17) is 10.9 Å². The number of nitrogens with one attached hydrogen (secondary N) is 1. The van der Waals surface area contributed by atoms with Gasteiger partial charge in [0.2, 0.25) is 5.91 Å². The van der Waals surface area contributed by atoms with E-state index in [1.807, 2.05) is 0 Å². The molecule has 4 N–H and O–H groups in total. The molecule has 6 nitrogen and oxygen atoms in total. The van der Waals surface area contributed by atoms with Crippen molar-refractivity contribution >= 4 is 11.7 Å². The van der Waals surface area contributed by atoms with Gasteiger partial charge in [0.15, 0.2) is 5.84 Å². The van der Waals surface area contributed by atoms with Crippen molar-refractivity contribution in [2.24, 2.45) is 16.3 Å². The zero-order valence-electron chi connectivity index (χ0n) is 10.9. The molecule has 1 heterocycles. The summed E-state index contributed by atoms with van der Waals surface area (Å²) in [7, 11) is 2.09. The lowest BCUT2D eigenvalue weighted by Gasteiger charge is -2.40. The molecule has 0 aromatic carbocycles. The molecule has 0 unspecified atom stereocenters.